The number of rotatable bonds is 4. The van der Waals surface area contributed by atoms with Gasteiger partial charge in [0.25, 0.3) is 0 Å². The second-order valence-electron chi connectivity index (χ2n) is 4.45. The van der Waals surface area contributed by atoms with Crippen LogP contribution in [-0.2, 0) is 6.42 Å². The molecule has 0 unspecified atom stereocenters. The Bertz CT molecular complexity index is 359. The van der Waals surface area contributed by atoms with Crippen molar-refractivity contribution in [1.29, 1.82) is 0 Å². The summed E-state index contributed by atoms with van der Waals surface area (Å²) in [6, 6.07) is 1.90. The van der Waals surface area contributed by atoms with Crippen molar-refractivity contribution in [2.75, 3.05) is 7.11 Å². The molecule has 0 radical (unpaired) electrons. The number of hydrogen-bond donors (Lipinski definition) is 1. The van der Waals surface area contributed by atoms with Crippen molar-refractivity contribution < 1.29 is 4.74 Å². The minimum absolute atomic E-state index is 0.108. The molecule has 0 saturated heterocycles. The van der Waals surface area contributed by atoms with Crippen molar-refractivity contribution in [1.82, 2.24) is 4.98 Å². The quantitative estimate of drug-likeness (QED) is 0.817. The van der Waals surface area contributed by atoms with Gasteiger partial charge in [0.05, 0.1) is 7.11 Å². The van der Waals surface area contributed by atoms with Gasteiger partial charge in [-0.05, 0) is 38.7 Å². The highest BCUT2D eigenvalue weighted by atomic mass is 16.5. The Balaban J connectivity index is 2.07. The zero-order chi connectivity index (χ0) is 10.9. The molecule has 1 saturated carbocycles. The molecule has 1 heterocycles. The number of nitrogens with zero attached hydrogens (tertiary/aromatic N) is 1. The Kier molecular flexibility index (Phi) is 2.65. The molecule has 0 bridgehead atoms. The van der Waals surface area contributed by atoms with Gasteiger partial charge in [-0.3, -0.25) is 4.98 Å². The molecule has 3 heteroatoms. The Labute approximate surface area is 90.7 Å². The smallest absolute Gasteiger partial charge is 0.125 e. The average Bonchev–Trinajstić information content (AvgIpc) is 2.96. The van der Waals surface area contributed by atoms with Gasteiger partial charge in [-0.1, -0.05) is 0 Å². The summed E-state index contributed by atoms with van der Waals surface area (Å²) in [6.07, 6.45) is 6.12. The summed E-state index contributed by atoms with van der Waals surface area (Å²) in [5, 5.41) is 0. The van der Waals surface area contributed by atoms with E-state index in [0.29, 0.717) is 0 Å². The molecule has 0 spiro atoms. The van der Waals surface area contributed by atoms with Gasteiger partial charge < -0.3 is 10.5 Å². The maximum Gasteiger partial charge on any atom is 0.125 e. The molecule has 1 aromatic rings. The third-order valence-corrected chi connectivity index (χ3v) is 3.23. The van der Waals surface area contributed by atoms with Crippen molar-refractivity contribution in [3.63, 3.8) is 0 Å². The second-order valence-corrected chi connectivity index (χ2v) is 4.45. The first-order chi connectivity index (χ1) is 7.14. The van der Waals surface area contributed by atoms with Crippen LogP contribution in [0, 0.1) is 6.92 Å². The van der Waals surface area contributed by atoms with E-state index in [-0.39, 0.29) is 5.54 Å². The van der Waals surface area contributed by atoms with Crippen molar-refractivity contribution in [3.8, 4) is 5.75 Å². The molecular formula is C12H18N2O. The summed E-state index contributed by atoms with van der Waals surface area (Å²) in [4.78, 5) is 4.38. The molecule has 1 aromatic heterocycles. The van der Waals surface area contributed by atoms with Crippen LogP contribution < -0.4 is 10.5 Å². The zero-order valence-corrected chi connectivity index (χ0v) is 9.42. The maximum absolute atomic E-state index is 6.06. The van der Waals surface area contributed by atoms with Crippen LogP contribution in [-0.4, -0.2) is 17.6 Å². The molecule has 3 nitrogen and oxygen atoms in total. The number of pyridine rings is 1. The number of ether oxygens (including phenoxy) is 1. The normalized spacial score (nSPS) is 17.5. The molecule has 1 aliphatic carbocycles. The van der Waals surface area contributed by atoms with Gasteiger partial charge in [-0.2, -0.15) is 0 Å². The lowest BCUT2D eigenvalue weighted by Crippen LogP contribution is -2.22. The largest absolute Gasteiger partial charge is 0.496 e. The first-order valence-corrected chi connectivity index (χ1v) is 5.42. The van der Waals surface area contributed by atoms with E-state index >= 15 is 0 Å². The number of nitrogens with two attached hydrogens (primary N) is 1. The fourth-order valence-corrected chi connectivity index (χ4v) is 1.81. The van der Waals surface area contributed by atoms with Gasteiger partial charge in [0.15, 0.2) is 0 Å². The Hall–Kier alpha value is -1.09. The van der Waals surface area contributed by atoms with Crippen LogP contribution >= 0.6 is 0 Å². The van der Waals surface area contributed by atoms with Crippen LogP contribution in [0.5, 0.6) is 5.75 Å². The summed E-state index contributed by atoms with van der Waals surface area (Å²) in [6.45, 7) is 2.05. The van der Waals surface area contributed by atoms with Gasteiger partial charge in [-0.15, -0.1) is 0 Å². The van der Waals surface area contributed by atoms with Gasteiger partial charge in [0.2, 0.25) is 0 Å². The minimum Gasteiger partial charge on any atom is -0.496 e. The van der Waals surface area contributed by atoms with E-state index in [1.165, 1.54) is 0 Å². The summed E-state index contributed by atoms with van der Waals surface area (Å²) in [7, 11) is 1.69. The summed E-state index contributed by atoms with van der Waals surface area (Å²) in [5.41, 5.74) is 8.42. The summed E-state index contributed by atoms with van der Waals surface area (Å²) < 4.78 is 5.26. The van der Waals surface area contributed by atoms with Crippen molar-refractivity contribution in [3.05, 3.63) is 23.5 Å². The molecule has 2 rings (SSSR count). The lowest BCUT2D eigenvalue weighted by molar-refractivity contribution is 0.409. The molecule has 0 aromatic carbocycles. The minimum atomic E-state index is 0.108. The van der Waals surface area contributed by atoms with Crippen molar-refractivity contribution in [2.45, 2.75) is 38.1 Å². The SMILES string of the molecule is COc1ccnc(CCC2(N)CC2)c1C. The van der Waals surface area contributed by atoms with E-state index in [1.807, 2.05) is 6.07 Å². The topological polar surface area (TPSA) is 48.1 Å². The maximum atomic E-state index is 6.06. The third-order valence-electron chi connectivity index (χ3n) is 3.23. The average molecular weight is 206 g/mol. The lowest BCUT2D eigenvalue weighted by atomic mass is 10.0. The zero-order valence-electron chi connectivity index (χ0n) is 9.42. The number of methoxy groups -OCH3 is 1. The molecule has 1 aliphatic rings. The number of aryl methyl sites for hydroxylation is 1. The lowest BCUT2D eigenvalue weighted by Gasteiger charge is -2.11. The monoisotopic (exact) mass is 206 g/mol. The molecule has 15 heavy (non-hydrogen) atoms. The van der Waals surface area contributed by atoms with E-state index < -0.39 is 0 Å². The van der Waals surface area contributed by atoms with Crippen LogP contribution in [0.4, 0.5) is 0 Å². The predicted octanol–water partition coefficient (Wildman–Crippen LogP) is 1.82. The molecule has 1 fully saturated rings. The number of hydrogen-bond acceptors (Lipinski definition) is 3. The van der Waals surface area contributed by atoms with Gasteiger partial charge in [-0.25, -0.2) is 0 Å². The molecule has 0 aliphatic heterocycles. The highest BCUT2D eigenvalue weighted by Crippen LogP contribution is 2.36. The van der Waals surface area contributed by atoms with Crippen molar-refractivity contribution >= 4 is 0 Å². The van der Waals surface area contributed by atoms with E-state index in [2.05, 4.69) is 11.9 Å². The van der Waals surface area contributed by atoms with Crippen LogP contribution in [0.15, 0.2) is 12.3 Å². The van der Waals surface area contributed by atoms with Gasteiger partial charge in [0, 0.05) is 23.0 Å². The Morgan fingerprint density at radius 1 is 1.53 bits per heavy atom. The van der Waals surface area contributed by atoms with Gasteiger partial charge in [0.1, 0.15) is 5.75 Å². The standard InChI is InChI=1S/C12H18N2O/c1-9-10(3-5-12(13)6-7-12)14-8-4-11(9)15-2/h4,8H,3,5-7,13H2,1-2H3. The predicted molar refractivity (Wildman–Crippen MR) is 60.0 cm³/mol. The molecule has 0 atom stereocenters. The van der Waals surface area contributed by atoms with E-state index in [0.717, 1.165) is 42.7 Å². The van der Waals surface area contributed by atoms with Crippen molar-refractivity contribution in [2.24, 2.45) is 5.73 Å². The first kappa shape index (κ1) is 10.4. The fourth-order valence-electron chi connectivity index (χ4n) is 1.81. The van der Waals surface area contributed by atoms with Gasteiger partial charge >= 0.3 is 0 Å². The summed E-state index contributed by atoms with van der Waals surface area (Å²) >= 11 is 0. The highest BCUT2D eigenvalue weighted by molar-refractivity contribution is 5.34. The fraction of sp³-hybridized carbons (Fsp3) is 0.583. The summed E-state index contributed by atoms with van der Waals surface area (Å²) in [5.74, 6) is 0.918. The van der Waals surface area contributed by atoms with Crippen LogP contribution in [0.2, 0.25) is 0 Å². The number of aromatic nitrogens is 1. The molecule has 82 valence electrons. The van der Waals surface area contributed by atoms with E-state index in [9.17, 15) is 0 Å². The molecule has 0 amide bonds. The van der Waals surface area contributed by atoms with Crippen LogP contribution in [0.1, 0.15) is 30.5 Å². The van der Waals surface area contributed by atoms with E-state index in [1.54, 1.807) is 13.3 Å². The Morgan fingerprint density at radius 3 is 2.87 bits per heavy atom. The van der Waals surface area contributed by atoms with Crippen LogP contribution in [0.25, 0.3) is 0 Å². The molecule has 2 N–H and O–H groups in total. The highest BCUT2D eigenvalue weighted by Gasteiger charge is 2.37. The Morgan fingerprint density at radius 2 is 2.27 bits per heavy atom. The molecular weight excluding hydrogens is 188 g/mol. The second kappa shape index (κ2) is 3.81. The van der Waals surface area contributed by atoms with E-state index in [4.69, 9.17) is 10.5 Å². The third kappa shape index (κ3) is 2.29. The van der Waals surface area contributed by atoms with Crippen LogP contribution in [0.3, 0.4) is 0 Å². The first-order valence-electron chi connectivity index (χ1n) is 5.42.